The van der Waals surface area contributed by atoms with Crippen LogP contribution in [-0.2, 0) is 12.6 Å². The molecular weight excluding hydrogens is 391 g/mol. The SMILES string of the molecule is COc1ccccc1-c1cc[nH]c1Cc1ccc(-n2nc(C(F)(F)F)cc2C)cc1. The van der Waals surface area contributed by atoms with Gasteiger partial charge in [0.25, 0.3) is 0 Å². The molecule has 0 radical (unpaired) electrons. The third-order valence-corrected chi connectivity index (χ3v) is 4.97. The van der Waals surface area contributed by atoms with Gasteiger partial charge in [-0.15, -0.1) is 0 Å². The second-order valence-electron chi connectivity index (χ2n) is 6.99. The van der Waals surface area contributed by atoms with E-state index in [1.165, 1.54) is 4.68 Å². The molecule has 4 aromatic rings. The minimum Gasteiger partial charge on any atom is -0.496 e. The van der Waals surface area contributed by atoms with E-state index in [1.807, 2.05) is 48.7 Å². The quantitative estimate of drug-likeness (QED) is 0.451. The van der Waals surface area contributed by atoms with Crippen molar-refractivity contribution in [1.29, 1.82) is 0 Å². The highest BCUT2D eigenvalue weighted by molar-refractivity contribution is 5.73. The summed E-state index contributed by atoms with van der Waals surface area (Å²) in [5.74, 6) is 0.795. The molecule has 0 fully saturated rings. The number of hydrogen-bond donors (Lipinski definition) is 1. The Morgan fingerprint density at radius 1 is 1.00 bits per heavy atom. The van der Waals surface area contributed by atoms with Crippen LogP contribution in [0.4, 0.5) is 13.2 Å². The van der Waals surface area contributed by atoms with Crippen LogP contribution in [0.1, 0.15) is 22.6 Å². The van der Waals surface area contributed by atoms with Gasteiger partial charge in [-0.05, 0) is 42.8 Å². The molecule has 0 saturated carbocycles. The molecule has 7 heteroatoms. The molecule has 4 nitrogen and oxygen atoms in total. The topological polar surface area (TPSA) is 42.8 Å². The van der Waals surface area contributed by atoms with Gasteiger partial charge in [0.1, 0.15) is 5.75 Å². The highest BCUT2D eigenvalue weighted by Gasteiger charge is 2.34. The van der Waals surface area contributed by atoms with E-state index in [0.29, 0.717) is 17.8 Å². The molecule has 2 aromatic heterocycles. The molecule has 0 unspecified atom stereocenters. The van der Waals surface area contributed by atoms with E-state index in [1.54, 1.807) is 26.2 Å². The van der Waals surface area contributed by atoms with Crippen molar-refractivity contribution in [3.8, 4) is 22.6 Å². The first-order valence-corrected chi connectivity index (χ1v) is 9.39. The normalized spacial score (nSPS) is 11.6. The number of para-hydroxylation sites is 1. The molecule has 0 spiro atoms. The Hall–Kier alpha value is -3.48. The molecule has 0 saturated heterocycles. The van der Waals surface area contributed by atoms with E-state index in [9.17, 15) is 13.2 Å². The first-order chi connectivity index (χ1) is 14.4. The summed E-state index contributed by atoms with van der Waals surface area (Å²) in [6.45, 7) is 1.61. The van der Waals surface area contributed by atoms with Crippen LogP contribution in [0.5, 0.6) is 5.75 Å². The number of nitrogens with zero attached hydrogens (tertiary/aromatic N) is 2. The molecule has 4 rings (SSSR count). The molecule has 0 aliphatic rings. The van der Waals surface area contributed by atoms with Gasteiger partial charge in [-0.3, -0.25) is 0 Å². The number of halogens is 3. The fourth-order valence-corrected chi connectivity index (χ4v) is 3.50. The molecule has 1 N–H and O–H groups in total. The van der Waals surface area contributed by atoms with Crippen molar-refractivity contribution in [2.45, 2.75) is 19.5 Å². The Kier molecular flexibility index (Phi) is 5.11. The van der Waals surface area contributed by atoms with Gasteiger partial charge in [0.2, 0.25) is 0 Å². The molecule has 0 amide bonds. The average molecular weight is 411 g/mol. The maximum Gasteiger partial charge on any atom is 0.435 e. The summed E-state index contributed by atoms with van der Waals surface area (Å²) in [6.07, 6.45) is -1.93. The van der Waals surface area contributed by atoms with Crippen molar-refractivity contribution < 1.29 is 17.9 Å². The Morgan fingerprint density at radius 2 is 1.73 bits per heavy atom. The standard InChI is InChI=1S/C23H20F3N3O/c1-15-13-22(23(24,25)26)28-29(15)17-9-7-16(8-10-17)14-20-18(11-12-27-20)19-5-3-4-6-21(19)30-2/h3-13,27H,14H2,1-2H3. The predicted octanol–water partition coefficient (Wildman–Crippen LogP) is 5.79. The predicted molar refractivity (Wildman–Crippen MR) is 109 cm³/mol. The average Bonchev–Trinajstić information content (AvgIpc) is 3.35. The van der Waals surface area contributed by atoms with E-state index in [-0.39, 0.29) is 0 Å². The zero-order valence-corrected chi connectivity index (χ0v) is 16.5. The number of benzene rings is 2. The lowest BCUT2D eigenvalue weighted by atomic mass is 10.0. The molecule has 154 valence electrons. The molecule has 0 bridgehead atoms. The molecule has 2 heterocycles. The molecule has 2 aromatic carbocycles. The van der Waals surface area contributed by atoms with Crippen molar-refractivity contribution in [3.05, 3.63) is 89.5 Å². The first kappa shape index (κ1) is 19.8. The molecule has 30 heavy (non-hydrogen) atoms. The molecular formula is C23H20F3N3O. The number of methoxy groups -OCH3 is 1. The summed E-state index contributed by atoms with van der Waals surface area (Å²) in [5, 5.41) is 3.70. The lowest BCUT2D eigenvalue weighted by Gasteiger charge is -2.10. The Labute approximate surface area is 171 Å². The van der Waals surface area contributed by atoms with Gasteiger partial charge < -0.3 is 9.72 Å². The number of aryl methyl sites for hydroxylation is 1. The summed E-state index contributed by atoms with van der Waals surface area (Å²) in [7, 11) is 1.64. The van der Waals surface area contributed by atoms with E-state index in [2.05, 4.69) is 10.1 Å². The van der Waals surface area contributed by atoms with Crippen LogP contribution < -0.4 is 4.74 Å². The Morgan fingerprint density at radius 3 is 2.40 bits per heavy atom. The number of hydrogen-bond acceptors (Lipinski definition) is 2. The van der Waals surface area contributed by atoms with Gasteiger partial charge in [-0.2, -0.15) is 18.3 Å². The summed E-state index contributed by atoms with van der Waals surface area (Å²) in [4.78, 5) is 3.28. The summed E-state index contributed by atoms with van der Waals surface area (Å²) in [5.41, 5.74) is 4.23. The molecule has 0 aliphatic heterocycles. The summed E-state index contributed by atoms with van der Waals surface area (Å²) < 4.78 is 45.5. The molecule has 0 aliphatic carbocycles. The number of aromatic nitrogens is 3. The smallest absolute Gasteiger partial charge is 0.435 e. The third-order valence-electron chi connectivity index (χ3n) is 4.97. The van der Waals surface area contributed by atoms with Crippen molar-refractivity contribution in [3.63, 3.8) is 0 Å². The van der Waals surface area contributed by atoms with Crippen LogP contribution >= 0.6 is 0 Å². The van der Waals surface area contributed by atoms with Gasteiger partial charge in [0, 0.05) is 35.1 Å². The van der Waals surface area contributed by atoms with E-state index < -0.39 is 11.9 Å². The highest BCUT2D eigenvalue weighted by Crippen LogP contribution is 2.33. The van der Waals surface area contributed by atoms with Gasteiger partial charge >= 0.3 is 6.18 Å². The highest BCUT2D eigenvalue weighted by atomic mass is 19.4. The number of H-pyrrole nitrogens is 1. The third kappa shape index (κ3) is 3.83. The van der Waals surface area contributed by atoms with Gasteiger partial charge in [-0.1, -0.05) is 30.3 Å². The number of aromatic amines is 1. The number of ether oxygens (including phenoxy) is 1. The zero-order chi connectivity index (χ0) is 21.3. The maximum atomic E-state index is 12.9. The van der Waals surface area contributed by atoms with Crippen LogP contribution in [0, 0.1) is 6.92 Å². The largest absolute Gasteiger partial charge is 0.496 e. The van der Waals surface area contributed by atoms with Crippen LogP contribution in [0.15, 0.2) is 66.9 Å². The maximum absolute atomic E-state index is 12.9. The minimum absolute atomic E-state index is 0.429. The van der Waals surface area contributed by atoms with E-state index >= 15 is 0 Å². The zero-order valence-electron chi connectivity index (χ0n) is 16.5. The van der Waals surface area contributed by atoms with Crippen molar-refractivity contribution in [2.75, 3.05) is 7.11 Å². The van der Waals surface area contributed by atoms with Gasteiger partial charge in [0.15, 0.2) is 5.69 Å². The number of rotatable bonds is 5. The van der Waals surface area contributed by atoms with E-state index in [4.69, 9.17) is 4.74 Å². The molecule has 0 atom stereocenters. The van der Waals surface area contributed by atoms with Crippen molar-refractivity contribution >= 4 is 0 Å². The minimum atomic E-state index is -4.46. The van der Waals surface area contributed by atoms with Crippen molar-refractivity contribution in [1.82, 2.24) is 14.8 Å². The second kappa shape index (κ2) is 7.74. The van der Waals surface area contributed by atoms with Crippen molar-refractivity contribution in [2.24, 2.45) is 0 Å². The number of alkyl halides is 3. The van der Waals surface area contributed by atoms with Gasteiger partial charge in [-0.25, -0.2) is 4.68 Å². The monoisotopic (exact) mass is 411 g/mol. The summed E-state index contributed by atoms with van der Waals surface area (Å²) in [6, 6.07) is 18.2. The van der Waals surface area contributed by atoms with Crippen LogP contribution in [0.3, 0.4) is 0 Å². The lowest BCUT2D eigenvalue weighted by Crippen LogP contribution is -2.07. The summed E-state index contributed by atoms with van der Waals surface area (Å²) >= 11 is 0. The first-order valence-electron chi connectivity index (χ1n) is 9.39. The van der Waals surface area contributed by atoms with Crippen LogP contribution in [-0.4, -0.2) is 21.9 Å². The second-order valence-corrected chi connectivity index (χ2v) is 6.99. The van der Waals surface area contributed by atoms with Crippen LogP contribution in [0.25, 0.3) is 16.8 Å². The Balaban J connectivity index is 1.59. The lowest BCUT2D eigenvalue weighted by molar-refractivity contribution is -0.141. The number of nitrogens with one attached hydrogen (secondary N) is 1. The van der Waals surface area contributed by atoms with Crippen LogP contribution in [0.2, 0.25) is 0 Å². The fraction of sp³-hybridized carbons (Fsp3) is 0.174. The fourth-order valence-electron chi connectivity index (χ4n) is 3.50. The Bertz CT molecular complexity index is 1160. The van der Waals surface area contributed by atoms with Gasteiger partial charge in [0.05, 0.1) is 12.8 Å². The van der Waals surface area contributed by atoms with E-state index in [0.717, 1.165) is 34.2 Å².